The molecule has 0 saturated carbocycles. The van der Waals surface area contributed by atoms with Crippen molar-refractivity contribution in [2.24, 2.45) is 0 Å². The summed E-state index contributed by atoms with van der Waals surface area (Å²) in [5.74, 6) is 0.580. The Morgan fingerprint density at radius 3 is 2.90 bits per heavy atom. The van der Waals surface area contributed by atoms with Gasteiger partial charge in [0.15, 0.2) is 0 Å². The van der Waals surface area contributed by atoms with Gasteiger partial charge in [0, 0.05) is 35.9 Å². The molecule has 1 atom stereocenters. The molecule has 0 saturated heterocycles. The van der Waals surface area contributed by atoms with E-state index in [1.807, 2.05) is 30.3 Å². The standard InChI is InChI=1S/C15H17ClN2O2/c1-20-15-8-11(6-7-18-15)9-17-10-14(19)12-4-2-3-5-13(12)16/h2-8,14,17,19H,9-10H2,1H3. The highest BCUT2D eigenvalue weighted by molar-refractivity contribution is 6.31. The van der Waals surface area contributed by atoms with Crippen LogP contribution in [-0.4, -0.2) is 23.7 Å². The summed E-state index contributed by atoms with van der Waals surface area (Å²) < 4.78 is 5.06. The van der Waals surface area contributed by atoms with Gasteiger partial charge < -0.3 is 15.2 Å². The Labute approximate surface area is 123 Å². The maximum absolute atomic E-state index is 10.1. The van der Waals surface area contributed by atoms with Crippen molar-refractivity contribution in [3.8, 4) is 5.88 Å². The molecule has 20 heavy (non-hydrogen) atoms. The van der Waals surface area contributed by atoms with Crippen LogP contribution in [0.15, 0.2) is 42.6 Å². The number of nitrogens with zero attached hydrogens (tertiary/aromatic N) is 1. The summed E-state index contributed by atoms with van der Waals surface area (Å²) >= 11 is 6.04. The topological polar surface area (TPSA) is 54.4 Å². The molecule has 0 amide bonds. The zero-order chi connectivity index (χ0) is 14.4. The number of rotatable bonds is 6. The van der Waals surface area contributed by atoms with E-state index in [1.54, 1.807) is 19.4 Å². The Morgan fingerprint density at radius 1 is 1.35 bits per heavy atom. The van der Waals surface area contributed by atoms with E-state index in [1.165, 1.54) is 0 Å². The first kappa shape index (κ1) is 14.8. The lowest BCUT2D eigenvalue weighted by Gasteiger charge is -2.13. The lowest BCUT2D eigenvalue weighted by atomic mass is 10.1. The first-order chi connectivity index (χ1) is 9.70. The molecule has 1 aromatic carbocycles. The van der Waals surface area contributed by atoms with E-state index in [4.69, 9.17) is 16.3 Å². The van der Waals surface area contributed by atoms with Gasteiger partial charge in [0.1, 0.15) is 0 Å². The number of halogens is 1. The van der Waals surface area contributed by atoms with E-state index in [0.29, 0.717) is 24.0 Å². The molecule has 0 spiro atoms. The van der Waals surface area contributed by atoms with Crippen molar-refractivity contribution in [3.63, 3.8) is 0 Å². The molecule has 0 aliphatic rings. The predicted octanol–water partition coefficient (Wildman–Crippen LogP) is 2.57. The molecule has 1 unspecified atom stereocenters. The van der Waals surface area contributed by atoms with Gasteiger partial charge in [-0.1, -0.05) is 29.8 Å². The predicted molar refractivity (Wildman–Crippen MR) is 78.9 cm³/mol. The lowest BCUT2D eigenvalue weighted by molar-refractivity contribution is 0.174. The number of hydrogen-bond donors (Lipinski definition) is 2. The summed E-state index contributed by atoms with van der Waals surface area (Å²) in [5, 5.41) is 13.9. The van der Waals surface area contributed by atoms with Gasteiger partial charge in [0.25, 0.3) is 0 Å². The van der Waals surface area contributed by atoms with Crippen molar-refractivity contribution in [1.29, 1.82) is 0 Å². The van der Waals surface area contributed by atoms with Gasteiger partial charge >= 0.3 is 0 Å². The number of methoxy groups -OCH3 is 1. The summed E-state index contributed by atoms with van der Waals surface area (Å²) in [5.41, 5.74) is 1.78. The highest BCUT2D eigenvalue weighted by Crippen LogP contribution is 2.21. The van der Waals surface area contributed by atoms with Crippen molar-refractivity contribution >= 4 is 11.6 Å². The van der Waals surface area contributed by atoms with Gasteiger partial charge in [-0.15, -0.1) is 0 Å². The Hall–Kier alpha value is -1.62. The summed E-state index contributed by atoms with van der Waals surface area (Å²) in [6.07, 6.45) is 1.06. The molecule has 0 fully saturated rings. The number of hydrogen-bond acceptors (Lipinski definition) is 4. The van der Waals surface area contributed by atoms with Crippen molar-refractivity contribution < 1.29 is 9.84 Å². The van der Waals surface area contributed by atoms with E-state index >= 15 is 0 Å². The Morgan fingerprint density at radius 2 is 2.15 bits per heavy atom. The molecule has 0 aliphatic carbocycles. The van der Waals surface area contributed by atoms with Crippen LogP contribution in [0.1, 0.15) is 17.2 Å². The number of aliphatic hydroxyl groups is 1. The molecule has 1 aromatic heterocycles. The second kappa shape index (κ2) is 7.24. The minimum Gasteiger partial charge on any atom is -0.481 e. The summed E-state index contributed by atoms with van der Waals surface area (Å²) in [4.78, 5) is 4.04. The Balaban J connectivity index is 1.88. The summed E-state index contributed by atoms with van der Waals surface area (Å²) in [6, 6.07) is 11.1. The van der Waals surface area contributed by atoms with Gasteiger partial charge in [-0.2, -0.15) is 0 Å². The van der Waals surface area contributed by atoms with Gasteiger partial charge in [-0.3, -0.25) is 0 Å². The van der Waals surface area contributed by atoms with Crippen LogP contribution >= 0.6 is 11.6 Å². The van der Waals surface area contributed by atoms with E-state index < -0.39 is 6.10 Å². The maximum atomic E-state index is 10.1. The molecule has 2 rings (SSSR count). The third-order valence-corrected chi connectivity index (χ3v) is 3.28. The smallest absolute Gasteiger partial charge is 0.213 e. The number of pyridine rings is 1. The van der Waals surface area contributed by atoms with Gasteiger partial charge in [-0.25, -0.2) is 4.98 Å². The average Bonchev–Trinajstić information content (AvgIpc) is 2.48. The summed E-state index contributed by atoms with van der Waals surface area (Å²) in [7, 11) is 1.58. The third kappa shape index (κ3) is 3.93. The van der Waals surface area contributed by atoms with Crippen LogP contribution in [0.5, 0.6) is 5.88 Å². The van der Waals surface area contributed by atoms with Crippen LogP contribution in [0.2, 0.25) is 5.02 Å². The fourth-order valence-electron chi connectivity index (χ4n) is 1.88. The van der Waals surface area contributed by atoms with Crippen LogP contribution in [0.25, 0.3) is 0 Å². The highest BCUT2D eigenvalue weighted by Gasteiger charge is 2.10. The van der Waals surface area contributed by atoms with E-state index in [-0.39, 0.29) is 0 Å². The van der Waals surface area contributed by atoms with Gasteiger partial charge in [0.05, 0.1) is 13.2 Å². The van der Waals surface area contributed by atoms with Gasteiger partial charge in [0.2, 0.25) is 5.88 Å². The normalized spacial score (nSPS) is 12.2. The number of benzene rings is 1. The molecular formula is C15H17ClN2O2. The SMILES string of the molecule is COc1cc(CNCC(O)c2ccccc2Cl)ccn1. The fourth-order valence-corrected chi connectivity index (χ4v) is 2.14. The average molecular weight is 293 g/mol. The van der Waals surface area contributed by atoms with E-state index in [2.05, 4.69) is 10.3 Å². The number of aliphatic hydroxyl groups excluding tert-OH is 1. The number of aromatic nitrogens is 1. The Kier molecular flexibility index (Phi) is 5.35. The number of ether oxygens (including phenoxy) is 1. The zero-order valence-corrected chi connectivity index (χ0v) is 12.0. The molecule has 2 N–H and O–H groups in total. The van der Waals surface area contributed by atoms with Crippen molar-refractivity contribution in [1.82, 2.24) is 10.3 Å². The number of nitrogens with one attached hydrogen (secondary N) is 1. The van der Waals surface area contributed by atoms with Crippen LogP contribution in [-0.2, 0) is 6.54 Å². The first-order valence-electron chi connectivity index (χ1n) is 6.33. The molecule has 106 valence electrons. The van der Waals surface area contributed by atoms with E-state index in [0.717, 1.165) is 11.1 Å². The molecule has 0 radical (unpaired) electrons. The van der Waals surface area contributed by atoms with Crippen LogP contribution in [0.4, 0.5) is 0 Å². The largest absolute Gasteiger partial charge is 0.481 e. The van der Waals surface area contributed by atoms with Crippen molar-refractivity contribution in [2.45, 2.75) is 12.6 Å². The van der Waals surface area contributed by atoms with Crippen LogP contribution < -0.4 is 10.1 Å². The van der Waals surface area contributed by atoms with Gasteiger partial charge in [-0.05, 0) is 17.7 Å². The van der Waals surface area contributed by atoms with E-state index in [9.17, 15) is 5.11 Å². The maximum Gasteiger partial charge on any atom is 0.213 e. The van der Waals surface area contributed by atoms with Crippen LogP contribution in [0, 0.1) is 0 Å². The fraction of sp³-hybridized carbons (Fsp3) is 0.267. The van der Waals surface area contributed by atoms with Crippen molar-refractivity contribution in [3.05, 3.63) is 58.7 Å². The minimum absolute atomic E-state index is 0.425. The molecule has 5 heteroatoms. The second-order valence-electron chi connectivity index (χ2n) is 4.37. The molecule has 4 nitrogen and oxygen atoms in total. The zero-order valence-electron chi connectivity index (χ0n) is 11.2. The third-order valence-electron chi connectivity index (χ3n) is 2.94. The molecule has 2 aromatic rings. The molecule has 1 heterocycles. The lowest BCUT2D eigenvalue weighted by Crippen LogP contribution is -2.21. The quantitative estimate of drug-likeness (QED) is 0.859. The van der Waals surface area contributed by atoms with Crippen molar-refractivity contribution in [2.75, 3.05) is 13.7 Å². The summed E-state index contributed by atoms with van der Waals surface area (Å²) in [6.45, 7) is 1.05. The second-order valence-corrected chi connectivity index (χ2v) is 4.78. The first-order valence-corrected chi connectivity index (χ1v) is 6.70. The molecule has 0 bridgehead atoms. The van der Waals surface area contributed by atoms with Crippen LogP contribution in [0.3, 0.4) is 0 Å². The molecule has 0 aliphatic heterocycles. The minimum atomic E-state index is -0.632. The molecular weight excluding hydrogens is 276 g/mol. The Bertz CT molecular complexity index is 563. The highest BCUT2D eigenvalue weighted by atomic mass is 35.5. The monoisotopic (exact) mass is 292 g/mol.